The quantitative estimate of drug-likeness (QED) is 0.753. The lowest BCUT2D eigenvalue weighted by Gasteiger charge is -2.13. The summed E-state index contributed by atoms with van der Waals surface area (Å²) in [5.74, 6) is 0. The van der Waals surface area contributed by atoms with Gasteiger partial charge in [0.25, 0.3) is 0 Å². The molecule has 0 saturated carbocycles. The molecule has 17 heavy (non-hydrogen) atoms. The van der Waals surface area contributed by atoms with Crippen molar-refractivity contribution in [2.24, 2.45) is 0 Å². The topological polar surface area (TPSA) is 30.5 Å². The maximum Gasteiger partial charge on any atom is 0.0713 e. The lowest BCUT2D eigenvalue weighted by atomic mass is 10.1. The third kappa shape index (κ3) is 5.82. The molecule has 0 aliphatic heterocycles. The van der Waals surface area contributed by atoms with Crippen LogP contribution < -0.4 is 5.32 Å². The van der Waals surface area contributed by atoms with Crippen molar-refractivity contribution >= 4 is 0 Å². The molecule has 1 aromatic carbocycles. The van der Waals surface area contributed by atoms with Crippen molar-refractivity contribution in [1.29, 1.82) is 0 Å². The summed E-state index contributed by atoms with van der Waals surface area (Å²) in [5, 5.41) is 3.47. The summed E-state index contributed by atoms with van der Waals surface area (Å²) in [6.45, 7) is 4.56. The molecule has 0 spiro atoms. The summed E-state index contributed by atoms with van der Waals surface area (Å²) in [4.78, 5) is 0. The van der Waals surface area contributed by atoms with Crippen LogP contribution in [0.25, 0.3) is 0 Å². The van der Waals surface area contributed by atoms with E-state index in [2.05, 4.69) is 36.5 Å². The highest BCUT2D eigenvalue weighted by Crippen LogP contribution is 2.06. The molecular weight excluding hydrogens is 214 g/mol. The van der Waals surface area contributed by atoms with Gasteiger partial charge in [-0.05, 0) is 24.5 Å². The van der Waals surface area contributed by atoms with Gasteiger partial charge in [-0.1, -0.05) is 24.3 Å². The van der Waals surface area contributed by atoms with Crippen LogP contribution in [0.1, 0.15) is 24.5 Å². The van der Waals surface area contributed by atoms with E-state index in [0.29, 0.717) is 12.6 Å². The molecule has 0 saturated heterocycles. The van der Waals surface area contributed by atoms with Gasteiger partial charge in [0.2, 0.25) is 0 Å². The largest absolute Gasteiger partial charge is 0.385 e. The van der Waals surface area contributed by atoms with Crippen LogP contribution in [-0.4, -0.2) is 26.9 Å². The molecule has 0 aliphatic rings. The summed E-state index contributed by atoms with van der Waals surface area (Å²) in [7, 11) is 3.45. The SMILES string of the molecule is COCCC(C)NCc1ccc(COC)cc1. The minimum absolute atomic E-state index is 0.480. The van der Waals surface area contributed by atoms with Crippen molar-refractivity contribution in [2.75, 3.05) is 20.8 Å². The molecule has 0 fully saturated rings. The second-order valence-electron chi connectivity index (χ2n) is 4.31. The Bertz CT molecular complexity index is 298. The van der Waals surface area contributed by atoms with Crippen LogP contribution in [-0.2, 0) is 22.6 Å². The van der Waals surface area contributed by atoms with Crippen molar-refractivity contribution in [3.05, 3.63) is 35.4 Å². The normalized spacial score (nSPS) is 12.6. The van der Waals surface area contributed by atoms with Crippen LogP contribution in [0.2, 0.25) is 0 Å². The van der Waals surface area contributed by atoms with Crippen LogP contribution in [0.4, 0.5) is 0 Å². The zero-order chi connectivity index (χ0) is 12.5. The lowest BCUT2D eigenvalue weighted by molar-refractivity contribution is 0.184. The third-order valence-corrected chi connectivity index (χ3v) is 2.74. The minimum Gasteiger partial charge on any atom is -0.385 e. The van der Waals surface area contributed by atoms with Crippen LogP contribution in [0.5, 0.6) is 0 Å². The van der Waals surface area contributed by atoms with E-state index >= 15 is 0 Å². The van der Waals surface area contributed by atoms with Crippen molar-refractivity contribution in [3.63, 3.8) is 0 Å². The van der Waals surface area contributed by atoms with Crippen molar-refractivity contribution in [2.45, 2.75) is 32.5 Å². The van der Waals surface area contributed by atoms with E-state index in [1.807, 2.05) is 0 Å². The second-order valence-corrected chi connectivity index (χ2v) is 4.31. The molecule has 1 N–H and O–H groups in total. The maximum absolute atomic E-state index is 5.08. The van der Waals surface area contributed by atoms with Gasteiger partial charge in [-0.15, -0.1) is 0 Å². The molecule has 0 bridgehead atoms. The third-order valence-electron chi connectivity index (χ3n) is 2.74. The van der Waals surface area contributed by atoms with E-state index in [9.17, 15) is 0 Å². The molecule has 1 unspecified atom stereocenters. The van der Waals surface area contributed by atoms with Crippen molar-refractivity contribution < 1.29 is 9.47 Å². The minimum atomic E-state index is 0.480. The second kappa shape index (κ2) is 8.23. The molecule has 1 atom stereocenters. The molecule has 0 aromatic heterocycles. The summed E-state index contributed by atoms with van der Waals surface area (Å²) >= 11 is 0. The first-order chi connectivity index (χ1) is 8.26. The molecule has 0 amide bonds. The molecule has 3 heteroatoms. The fourth-order valence-electron chi connectivity index (χ4n) is 1.61. The van der Waals surface area contributed by atoms with E-state index in [1.165, 1.54) is 11.1 Å². The van der Waals surface area contributed by atoms with Crippen molar-refractivity contribution in [1.82, 2.24) is 5.32 Å². The van der Waals surface area contributed by atoms with Crippen LogP contribution >= 0.6 is 0 Å². The highest BCUT2D eigenvalue weighted by atomic mass is 16.5. The zero-order valence-corrected chi connectivity index (χ0v) is 11.0. The average molecular weight is 237 g/mol. The van der Waals surface area contributed by atoms with Gasteiger partial charge in [0.1, 0.15) is 0 Å². The summed E-state index contributed by atoms with van der Waals surface area (Å²) < 4.78 is 10.1. The molecule has 0 radical (unpaired) electrons. The fourth-order valence-corrected chi connectivity index (χ4v) is 1.61. The van der Waals surface area contributed by atoms with Crippen LogP contribution in [0, 0.1) is 0 Å². The van der Waals surface area contributed by atoms with Gasteiger partial charge in [-0.2, -0.15) is 0 Å². The van der Waals surface area contributed by atoms with E-state index in [1.54, 1.807) is 14.2 Å². The Hall–Kier alpha value is -0.900. The molecular formula is C14H23NO2. The number of rotatable bonds is 8. The van der Waals surface area contributed by atoms with Gasteiger partial charge in [0.15, 0.2) is 0 Å². The van der Waals surface area contributed by atoms with E-state index in [0.717, 1.165) is 19.6 Å². The van der Waals surface area contributed by atoms with E-state index in [-0.39, 0.29) is 0 Å². The first-order valence-electron chi connectivity index (χ1n) is 6.05. The Morgan fingerprint density at radius 3 is 2.29 bits per heavy atom. The molecule has 96 valence electrons. The van der Waals surface area contributed by atoms with E-state index < -0.39 is 0 Å². The Morgan fingerprint density at radius 1 is 1.06 bits per heavy atom. The predicted octanol–water partition coefficient (Wildman–Crippen LogP) is 2.35. The number of ether oxygens (including phenoxy) is 2. The average Bonchev–Trinajstić information content (AvgIpc) is 2.36. The summed E-state index contributed by atoms with van der Waals surface area (Å²) in [6, 6.07) is 8.99. The first kappa shape index (κ1) is 14.2. The van der Waals surface area contributed by atoms with Gasteiger partial charge >= 0.3 is 0 Å². The maximum atomic E-state index is 5.08. The molecule has 1 aromatic rings. The number of benzene rings is 1. The zero-order valence-electron chi connectivity index (χ0n) is 11.0. The predicted molar refractivity (Wildman–Crippen MR) is 69.9 cm³/mol. The Morgan fingerprint density at radius 2 is 1.71 bits per heavy atom. The Labute approximate surface area is 104 Å². The van der Waals surface area contributed by atoms with E-state index in [4.69, 9.17) is 9.47 Å². The Kier molecular flexibility index (Phi) is 6.86. The first-order valence-corrected chi connectivity index (χ1v) is 6.05. The van der Waals surface area contributed by atoms with Crippen molar-refractivity contribution in [3.8, 4) is 0 Å². The van der Waals surface area contributed by atoms with Crippen LogP contribution in [0.3, 0.4) is 0 Å². The summed E-state index contributed by atoms with van der Waals surface area (Å²) in [5.41, 5.74) is 2.51. The highest BCUT2D eigenvalue weighted by Gasteiger charge is 2.01. The smallest absolute Gasteiger partial charge is 0.0713 e. The van der Waals surface area contributed by atoms with Crippen LogP contribution in [0.15, 0.2) is 24.3 Å². The number of nitrogens with one attached hydrogen (secondary N) is 1. The van der Waals surface area contributed by atoms with Gasteiger partial charge in [-0.25, -0.2) is 0 Å². The molecule has 0 heterocycles. The molecule has 3 nitrogen and oxygen atoms in total. The molecule has 1 rings (SSSR count). The summed E-state index contributed by atoms with van der Waals surface area (Å²) in [6.07, 6.45) is 1.04. The van der Waals surface area contributed by atoms with Gasteiger partial charge in [0, 0.05) is 33.4 Å². The number of methoxy groups -OCH3 is 2. The van der Waals surface area contributed by atoms with Gasteiger partial charge in [0.05, 0.1) is 6.61 Å². The van der Waals surface area contributed by atoms with Gasteiger partial charge < -0.3 is 14.8 Å². The highest BCUT2D eigenvalue weighted by molar-refractivity contribution is 5.21. The number of hydrogen-bond acceptors (Lipinski definition) is 3. The van der Waals surface area contributed by atoms with Gasteiger partial charge in [-0.3, -0.25) is 0 Å². The lowest BCUT2D eigenvalue weighted by Crippen LogP contribution is -2.26. The standard InChI is InChI=1S/C14H23NO2/c1-12(8-9-16-2)15-10-13-4-6-14(7-5-13)11-17-3/h4-7,12,15H,8-11H2,1-3H3. The number of hydrogen-bond donors (Lipinski definition) is 1. The fraction of sp³-hybridized carbons (Fsp3) is 0.571. The Balaban J connectivity index is 2.31. The molecule has 0 aliphatic carbocycles. The monoisotopic (exact) mass is 237 g/mol.